The molecule has 0 atom stereocenters. The summed E-state index contributed by atoms with van der Waals surface area (Å²) in [4.78, 5) is 27.5. The molecule has 1 amide bonds. The van der Waals surface area contributed by atoms with Gasteiger partial charge in [0, 0.05) is 35.3 Å². The average molecular weight is 562 g/mol. The maximum atomic E-state index is 13.1. The third-order valence-electron chi connectivity index (χ3n) is 6.83. The fourth-order valence-electron chi connectivity index (χ4n) is 4.77. The Balaban J connectivity index is 1.36. The van der Waals surface area contributed by atoms with Crippen LogP contribution in [0.2, 0.25) is 0 Å². The molecule has 212 valence electrons. The molecule has 0 unspecified atom stereocenters. The molecule has 0 saturated heterocycles. The van der Waals surface area contributed by atoms with Gasteiger partial charge in [-0.25, -0.2) is 9.48 Å². The SMILES string of the molecule is CCN(C(=O)COC(=O)/C=C/c1cn(-c2ccccc2)nc1-c1ccc(OC)c(OC)c1)c1cccc2ccccc12. The van der Waals surface area contributed by atoms with E-state index in [1.54, 1.807) is 35.9 Å². The summed E-state index contributed by atoms with van der Waals surface area (Å²) >= 11 is 0. The average Bonchev–Trinajstić information content (AvgIpc) is 3.47. The van der Waals surface area contributed by atoms with E-state index in [2.05, 4.69) is 0 Å². The number of aromatic nitrogens is 2. The number of nitrogens with zero attached hydrogens (tertiary/aromatic N) is 3. The van der Waals surface area contributed by atoms with Gasteiger partial charge in [0.25, 0.3) is 5.91 Å². The Morgan fingerprint density at radius 1 is 0.881 bits per heavy atom. The minimum atomic E-state index is -0.636. The monoisotopic (exact) mass is 561 g/mol. The van der Waals surface area contributed by atoms with Gasteiger partial charge in [0.1, 0.15) is 5.69 Å². The van der Waals surface area contributed by atoms with E-state index >= 15 is 0 Å². The van der Waals surface area contributed by atoms with Crippen molar-refractivity contribution in [3.63, 3.8) is 0 Å². The Morgan fingerprint density at radius 2 is 1.62 bits per heavy atom. The van der Waals surface area contributed by atoms with Crippen LogP contribution in [0.5, 0.6) is 11.5 Å². The number of rotatable bonds is 10. The summed E-state index contributed by atoms with van der Waals surface area (Å²) in [5, 5.41) is 6.77. The molecule has 0 aliphatic carbocycles. The molecule has 0 fully saturated rings. The predicted octanol–water partition coefficient (Wildman–Crippen LogP) is 6.32. The number of anilines is 1. The standard InChI is InChI=1S/C34H31N3O5/c1-4-36(29-16-10-12-24-11-8-9-15-28(24)29)32(38)23-42-33(39)20-18-26-22-37(27-13-6-5-7-14-27)35-34(26)25-17-19-30(40-2)31(21-25)41-3/h5-22H,4,23H2,1-3H3/b20-18+. The smallest absolute Gasteiger partial charge is 0.331 e. The van der Waals surface area contributed by atoms with Crippen LogP contribution in [0.3, 0.4) is 0 Å². The molecule has 42 heavy (non-hydrogen) atoms. The van der Waals surface area contributed by atoms with E-state index in [1.807, 2.05) is 98.0 Å². The minimum Gasteiger partial charge on any atom is -0.493 e. The van der Waals surface area contributed by atoms with Gasteiger partial charge < -0.3 is 19.1 Å². The van der Waals surface area contributed by atoms with Crippen molar-refractivity contribution in [2.45, 2.75) is 6.92 Å². The number of esters is 1. The molecule has 0 N–H and O–H groups in total. The van der Waals surface area contributed by atoms with E-state index in [0.29, 0.717) is 29.3 Å². The first kappa shape index (κ1) is 28.2. The minimum absolute atomic E-state index is 0.307. The Labute approximate surface area is 244 Å². The number of amides is 1. The number of hydrogen-bond donors (Lipinski definition) is 0. The number of para-hydroxylation sites is 1. The van der Waals surface area contributed by atoms with Gasteiger partial charge in [-0.05, 0) is 54.8 Å². The van der Waals surface area contributed by atoms with Crippen molar-refractivity contribution in [1.82, 2.24) is 9.78 Å². The van der Waals surface area contributed by atoms with Gasteiger partial charge >= 0.3 is 5.97 Å². The number of fused-ring (bicyclic) bond motifs is 1. The molecule has 1 heterocycles. The van der Waals surface area contributed by atoms with E-state index < -0.39 is 5.97 Å². The number of carbonyl (C=O) groups excluding carboxylic acids is 2. The van der Waals surface area contributed by atoms with Crippen LogP contribution in [-0.4, -0.2) is 49.0 Å². The molecule has 5 rings (SSSR count). The number of methoxy groups -OCH3 is 2. The first-order valence-electron chi connectivity index (χ1n) is 13.5. The summed E-state index contributed by atoms with van der Waals surface area (Å²) in [5.74, 6) is 0.212. The lowest BCUT2D eigenvalue weighted by Gasteiger charge is -2.22. The number of hydrogen-bond acceptors (Lipinski definition) is 6. The van der Waals surface area contributed by atoms with Crippen LogP contribution in [-0.2, 0) is 14.3 Å². The second-order valence-electron chi connectivity index (χ2n) is 9.36. The van der Waals surface area contributed by atoms with Gasteiger partial charge in [0.2, 0.25) is 0 Å². The molecule has 8 nitrogen and oxygen atoms in total. The third-order valence-corrected chi connectivity index (χ3v) is 6.83. The van der Waals surface area contributed by atoms with Crippen molar-refractivity contribution >= 4 is 34.4 Å². The molecule has 0 aliphatic rings. The van der Waals surface area contributed by atoms with E-state index in [0.717, 1.165) is 27.7 Å². The Kier molecular flexibility index (Phi) is 8.63. The maximum Gasteiger partial charge on any atom is 0.331 e. The molecule has 8 heteroatoms. The summed E-state index contributed by atoms with van der Waals surface area (Å²) < 4.78 is 18.0. The molecule has 0 bridgehead atoms. The van der Waals surface area contributed by atoms with Crippen LogP contribution in [0.25, 0.3) is 33.8 Å². The topological polar surface area (TPSA) is 82.9 Å². The lowest BCUT2D eigenvalue weighted by molar-refractivity contribution is -0.142. The highest BCUT2D eigenvalue weighted by molar-refractivity contribution is 6.04. The fraction of sp³-hybridized carbons (Fsp3) is 0.147. The van der Waals surface area contributed by atoms with Crippen LogP contribution in [0.15, 0.2) is 103 Å². The normalized spacial score (nSPS) is 11.0. The zero-order chi connectivity index (χ0) is 29.5. The summed E-state index contributed by atoms with van der Waals surface area (Å²) in [7, 11) is 3.15. The first-order chi connectivity index (χ1) is 20.5. The van der Waals surface area contributed by atoms with E-state index in [4.69, 9.17) is 19.3 Å². The molecule has 0 spiro atoms. The predicted molar refractivity (Wildman–Crippen MR) is 164 cm³/mol. The lowest BCUT2D eigenvalue weighted by Crippen LogP contribution is -2.34. The first-order valence-corrected chi connectivity index (χ1v) is 13.5. The molecule has 4 aromatic carbocycles. The van der Waals surface area contributed by atoms with Crippen LogP contribution in [0, 0.1) is 0 Å². The Hall–Kier alpha value is -5.37. The zero-order valence-corrected chi connectivity index (χ0v) is 23.7. The van der Waals surface area contributed by atoms with E-state index in [9.17, 15) is 9.59 Å². The molecule has 5 aromatic rings. The van der Waals surface area contributed by atoms with Crippen molar-refractivity contribution < 1.29 is 23.8 Å². The molecular weight excluding hydrogens is 530 g/mol. The zero-order valence-electron chi connectivity index (χ0n) is 23.7. The summed E-state index contributed by atoms with van der Waals surface area (Å²) in [6.07, 6.45) is 4.77. The number of ether oxygens (including phenoxy) is 3. The Morgan fingerprint density at radius 3 is 2.38 bits per heavy atom. The molecule has 0 aliphatic heterocycles. The van der Waals surface area contributed by atoms with Gasteiger partial charge in [0.15, 0.2) is 18.1 Å². The lowest BCUT2D eigenvalue weighted by atomic mass is 10.1. The third kappa shape index (κ3) is 6.02. The van der Waals surface area contributed by atoms with Crippen molar-refractivity contribution in [2.24, 2.45) is 0 Å². The highest BCUT2D eigenvalue weighted by Gasteiger charge is 2.18. The molecule has 0 radical (unpaired) electrons. The quantitative estimate of drug-likeness (QED) is 0.147. The van der Waals surface area contributed by atoms with Crippen LogP contribution >= 0.6 is 0 Å². The van der Waals surface area contributed by atoms with Crippen LogP contribution in [0.1, 0.15) is 12.5 Å². The number of likely N-dealkylation sites (N-methyl/N-ethyl adjacent to an activating group) is 1. The van der Waals surface area contributed by atoms with E-state index in [-0.39, 0.29) is 12.5 Å². The second-order valence-corrected chi connectivity index (χ2v) is 9.36. The number of benzene rings is 4. The van der Waals surface area contributed by atoms with Gasteiger partial charge in [0.05, 0.1) is 25.6 Å². The summed E-state index contributed by atoms with van der Waals surface area (Å²) in [6, 6.07) is 28.8. The van der Waals surface area contributed by atoms with Gasteiger partial charge in [-0.3, -0.25) is 4.79 Å². The number of carbonyl (C=O) groups is 2. The largest absolute Gasteiger partial charge is 0.493 e. The van der Waals surface area contributed by atoms with Gasteiger partial charge in [-0.2, -0.15) is 5.10 Å². The van der Waals surface area contributed by atoms with Crippen molar-refractivity contribution in [2.75, 3.05) is 32.3 Å². The van der Waals surface area contributed by atoms with Crippen molar-refractivity contribution in [3.05, 3.63) is 109 Å². The molecular formula is C34H31N3O5. The second kappa shape index (κ2) is 12.9. The van der Waals surface area contributed by atoms with Crippen molar-refractivity contribution in [1.29, 1.82) is 0 Å². The van der Waals surface area contributed by atoms with Crippen LogP contribution in [0.4, 0.5) is 5.69 Å². The van der Waals surface area contributed by atoms with Crippen LogP contribution < -0.4 is 14.4 Å². The maximum absolute atomic E-state index is 13.1. The van der Waals surface area contributed by atoms with E-state index in [1.165, 1.54) is 6.08 Å². The Bertz CT molecular complexity index is 1740. The molecule has 1 aromatic heterocycles. The highest BCUT2D eigenvalue weighted by atomic mass is 16.5. The summed E-state index contributed by atoms with van der Waals surface area (Å²) in [5.41, 5.74) is 3.73. The fourth-order valence-corrected chi connectivity index (χ4v) is 4.77. The van der Waals surface area contributed by atoms with Gasteiger partial charge in [-0.1, -0.05) is 54.6 Å². The van der Waals surface area contributed by atoms with Crippen molar-refractivity contribution in [3.8, 4) is 28.4 Å². The highest BCUT2D eigenvalue weighted by Crippen LogP contribution is 2.34. The summed E-state index contributed by atoms with van der Waals surface area (Å²) in [6.45, 7) is 1.95. The molecule has 0 saturated carbocycles. The van der Waals surface area contributed by atoms with Gasteiger partial charge in [-0.15, -0.1) is 0 Å².